The predicted molar refractivity (Wildman–Crippen MR) is 45.2 cm³/mol. The Morgan fingerprint density at radius 2 is 1.82 bits per heavy atom. The minimum atomic E-state index is -0.256. The number of allylic oxidation sites excluding steroid dienone is 1. The molecule has 0 bridgehead atoms. The maximum absolute atomic E-state index is 10.8. The van der Waals surface area contributed by atoms with Gasteiger partial charge < -0.3 is 4.74 Å². The number of esters is 1. The van der Waals surface area contributed by atoms with E-state index in [0.717, 1.165) is 0 Å². The second kappa shape index (κ2) is 4.94. The lowest BCUT2D eigenvalue weighted by atomic mass is 10.2. The van der Waals surface area contributed by atoms with Crippen LogP contribution in [-0.2, 0) is 9.53 Å². The van der Waals surface area contributed by atoms with Crippen molar-refractivity contribution in [3.63, 3.8) is 0 Å². The van der Waals surface area contributed by atoms with Crippen LogP contribution < -0.4 is 0 Å². The number of hydrogen-bond donors (Lipinski definition) is 0. The molecule has 64 valence electrons. The Hall–Kier alpha value is -0.790. The highest BCUT2D eigenvalue weighted by Crippen LogP contribution is 1.95. The Morgan fingerprint density at radius 1 is 1.27 bits per heavy atom. The summed E-state index contributed by atoms with van der Waals surface area (Å²) in [6.45, 7) is 7.69. The van der Waals surface area contributed by atoms with Crippen molar-refractivity contribution in [3.8, 4) is 0 Å². The van der Waals surface area contributed by atoms with E-state index in [1.807, 2.05) is 33.8 Å². The third-order valence-electron chi connectivity index (χ3n) is 0.969. The standard InChI is InChI=1S/C9H16O2/c1-7(2)5-6-9(10)11-8(3)4/h5-8H,1-4H3/b6-5+. The van der Waals surface area contributed by atoms with Gasteiger partial charge in [-0.3, -0.25) is 0 Å². The van der Waals surface area contributed by atoms with Crippen molar-refractivity contribution in [3.05, 3.63) is 12.2 Å². The van der Waals surface area contributed by atoms with Gasteiger partial charge in [0.05, 0.1) is 6.10 Å². The first-order chi connectivity index (χ1) is 5.02. The molecule has 0 fully saturated rings. The van der Waals surface area contributed by atoms with Gasteiger partial charge in [-0.25, -0.2) is 4.79 Å². The van der Waals surface area contributed by atoms with E-state index in [0.29, 0.717) is 5.92 Å². The molecule has 0 aliphatic heterocycles. The summed E-state index contributed by atoms with van der Waals surface area (Å²) in [5.41, 5.74) is 0. The van der Waals surface area contributed by atoms with Gasteiger partial charge in [-0.2, -0.15) is 0 Å². The summed E-state index contributed by atoms with van der Waals surface area (Å²) < 4.78 is 4.87. The lowest BCUT2D eigenvalue weighted by molar-refractivity contribution is -0.141. The average Bonchev–Trinajstić information content (AvgIpc) is 1.82. The first-order valence-electron chi connectivity index (χ1n) is 3.91. The Balaban J connectivity index is 3.69. The van der Waals surface area contributed by atoms with E-state index in [2.05, 4.69) is 0 Å². The van der Waals surface area contributed by atoms with E-state index in [9.17, 15) is 4.79 Å². The molecule has 0 amide bonds. The van der Waals surface area contributed by atoms with Gasteiger partial charge in [-0.15, -0.1) is 0 Å². The fourth-order valence-corrected chi connectivity index (χ4v) is 0.543. The molecular weight excluding hydrogens is 140 g/mol. The molecule has 0 rings (SSSR count). The SMILES string of the molecule is CC(C)/C=C/C(=O)OC(C)C. The zero-order valence-corrected chi connectivity index (χ0v) is 7.63. The van der Waals surface area contributed by atoms with E-state index in [-0.39, 0.29) is 12.1 Å². The number of ether oxygens (including phenoxy) is 1. The Labute approximate surface area is 68.2 Å². The Kier molecular flexibility index (Phi) is 4.59. The first kappa shape index (κ1) is 10.2. The third kappa shape index (κ3) is 7.10. The second-order valence-electron chi connectivity index (χ2n) is 3.09. The van der Waals surface area contributed by atoms with Crippen molar-refractivity contribution in [2.24, 2.45) is 5.92 Å². The van der Waals surface area contributed by atoms with Crippen LogP contribution in [0.5, 0.6) is 0 Å². The zero-order valence-electron chi connectivity index (χ0n) is 7.63. The fourth-order valence-electron chi connectivity index (χ4n) is 0.543. The van der Waals surface area contributed by atoms with Gasteiger partial charge in [0.1, 0.15) is 0 Å². The lowest BCUT2D eigenvalue weighted by Crippen LogP contribution is -2.08. The molecule has 0 atom stereocenters. The van der Waals surface area contributed by atoms with Gasteiger partial charge in [-0.1, -0.05) is 19.9 Å². The molecule has 0 saturated heterocycles. The predicted octanol–water partition coefficient (Wildman–Crippen LogP) is 2.15. The molecule has 0 aromatic carbocycles. The fraction of sp³-hybridized carbons (Fsp3) is 0.667. The quantitative estimate of drug-likeness (QED) is 0.462. The highest BCUT2D eigenvalue weighted by Gasteiger charge is 1.99. The van der Waals surface area contributed by atoms with Crippen molar-refractivity contribution in [1.29, 1.82) is 0 Å². The Morgan fingerprint density at radius 3 is 2.18 bits per heavy atom. The van der Waals surface area contributed by atoms with Crippen LogP contribution in [0.25, 0.3) is 0 Å². The molecule has 0 unspecified atom stereocenters. The molecule has 0 spiro atoms. The average molecular weight is 156 g/mol. The largest absolute Gasteiger partial charge is 0.460 e. The van der Waals surface area contributed by atoms with Crippen LogP contribution in [-0.4, -0.2) is 12.1 Å². The summed E-state index contributed by atoms with van der Waals surface area (Å²) in [7, 11) is 0. The molecule has 2 heteroatoms. The maximum atomic E-state index is 10.8. The van der Waals surface area contributed by atoms with Crippen molar-refractivity contribution in [1.82, 2.24) is 0 Å². The van der Waals surface area contributed by atoms with E-state index in [4.69, 9.17) is 4.74 Å². The van der Waals surface area contributed by atoms with Crippen LogP contribution in [0.2, 0.25) is 0 Å². The van der Waals surface area contributed by atoms with Crippen LogP contribution in [0.3, 0.4) is 0 Å². The molecule has 0 heterocycles. The Bertz CT molecular complexity index is 146. The monoisotopic (exact) mass is 156 g/mol. The molecule has 0 N–H and O–H groups in total. The van der Waals surface area contributed by atoms with Gasteiger partial charge in [0, 0.05) is 6.08 Å². The molecule has 2 nitrogen and oxygen atoms in total. The smallest absolute Gasteiger partial charge is 0.330 e. The zero-order chi connectivity index (χ0) is 8.85. The van der Waals surface area contributed by atoms with Crippen LogP contribution in [0.4, 0.5) is 0 Å². The lowest BCUT2D eigenvalue weighted by Gasteiger charge is -2.04. The molecule has 11 heavy (non-hydrogen) atoms. The molecule has 0 aliphatic carbocycles. The minimum absolute atomic E-state index is 0.0284. The molecule has 0 saturated carbocycles. The van der Waals surface area contributed by atoms with Gasteiger partial charge in [0.15, 0.2) is 0 Å². The van der Waals surface area contributed by atoms with Crippen molar-refractivity contribution >= 4 is 5.97 Å². The van der Waals surface area contributed by atoms with E-state index >= 15 is 0 Å². The number of rotatable bonds is 3. The number of hydrogen-bond acceptors (Lipinski definition) is 2. The maximum Gasteiger partial charge on any atom is 0.330 e. The van der Waals surface area contributed by atoms with E-state index in [1.54, 1.807) is 0 Å². The summed E-state index contributed by atoms with van der Waals surface area (Å²) >= 11 is 0. The van der Waals surface area contributed by atoms with Crippen LogP contribution in [0.15, 0.2) is 12.2 Å². The number of carbonyl (C=O) groups is 1. The second-order valence-corrected chi connectivity index (χ2v) is 3.09. The molecule has 0 aromatic rings. The highest BCUT2D eigenvalue weighted by molar-refractivity contribution is 5.82. The highest BCUT2D eigenvalue weighted by atomic mass is 16.5. The summed E-state index contributed by atoms with van der Waals surface area (Å²) in [5.74, 6) is 0.142. The van der Waals surface area contributed by atoms with Gasteiger partial charge in [-0.05, 0) is 19.8 Å². The van der Waals surface area contributed by atoms with Crippen molar-refractivity contribution < 1.29 is 9.53 Å². The topological polar surface area (TPSA) is 26.3 Å². The van der Waals surface area contributed by atoms with Crippen LogP contribution in [0.1, 0.15) is 27.7 Å². The van der Waals surface area contributed by atoms with E-state index < -0.39 is 0 Å². The normalized spacial score (nSPS) is 11.5. The summed E-state index contributed by atoms with van der Waals surface area (Å²) in [4.78, 5) is 10.8. The van der Waals surface area contributed by atoms with Crippen LogP contribution >= 0.6 is 0 Å². The number of carbonyl (C=O) groups excluding carboxylic acids is 1. The minimum Gasteiger partial charge on any atom is -0.460 e. The van der Waals surface area contributed by atoms with Crippen LogP contribution in [0, 0.1) is 5.92 Å². The summed E-state index contributed by atoms with van der Waals surface area (Å²) in [6.07, 6.45) is 3.27. The van der Waals surface area contributed by atoms with E-state index in [1.165, 1.54) is 6.08 Å². The summed E-state index contributed by atoms with van der Waals surface area (Å²) in [6, 6.07) is 0. The molecule has 0 radical (unpaired) electrons. The first-order valence-corrected chi connectivity index (χ1v) is 3.91. The van der Waals surface area contributed by atoms with Gasteiger partial charge in [0.25, 0.3) is 0 Å². The molecular formula is C9H16O2. The van der Waals surface area contributed by atoms with Crippen molar-refractivity contribution in [2.75, 3.05) is 0 Å². The third-order valence-corrected chi connectivity index (χ3v) is 0.969. The summed E-state index contributed by atoms with van der Waals surface area (Å²) in [5, 5.41) is 0. The van der Waals surface area contributed by atoms with Crippen molar-refractivity contribution in [2.45, 2.75) is 33.8 Å². The van der Waals surface area contributed by atoms with Gasteiger partial charge >= 0.3 is 5.97 Å². The van der Waals surface area contributed by atoms with Gasteiger partial charge in [0.2, 0.25) is 0 Å². The molecule has 0 aliphatic rings. The molecule has 0 aromatic heterocycles.